The first kappa shape index (κ1) is 10.5. The lowest BCUT2D eigenvalue weighted by Crippen LogP contribution is -2.20. The van der Waals surface area contributed by atoms with Gasteiger partial charge in [0.05, 0.1) is 11.9 Å². The summed E-state index contributed by atoms with van der Waals surface area (Å²) in [6, 6.07) is -0.380. The highest BCUT2D eigenvalue weighted by atomic mass is 32.1. The van der Waals surface area contributed by atoms with Gasteiger partial charge in [-0.3, -0.25) is 15.6 Å². The topological polar surface area (TPSA) is 79.8 Å². The molecule has 0 bridgehead atoms. The van der Waals surface area contributed by atoms with E-state index in [2.05, 4.69) is 25.6 Å². The lowest BCUT2D eigenvalue weighted by atomic mass is 10.6. The van der Waals surface area contributed by atoms with Crippen LogP contribution in [0.4, 0.5) is 15.7 Å². The van der Waals surface area contributed by atoms with Crippen LogP contribution in [-0.4, -0.2) is 21.0 Å². The van der Waals surface area contributed by atoms with Gasteiger partial charge in [0.25, 0.3) is 0 Å². The van der Waals surface area contributed by atoms with E-state index >= 15 is 0 Å². The van der Waals surface area contributed by atoms with Crippen molar-refractivity contribution >= 4 is 28.3 Å². The highest BCUT2D eigenvalue weighted by Gasteiger charge is 2.05. The van der Waals surface area contributed by atoms with Gasteiger partial charge in [0.1, 0.15) is 0 Å². The second-order valence-corrected chi connectivity index (χ2v) is 3.82. The van der Waals surface area contributed by atoms with Crippen LogP contribution in [0.1, 0.15) is 5.69 Å². The highest BCUT2D eigenvalue weighted by molar-refractivity contribution is 7.13. The number of carbonyl (C=O) groups excluding carboxylic acids is 1. The van der Waals surface area contributed by atoms with Crippen LogP contribution in [-0.2, 0) is 0 Å². The molecule has 2 rings (SSSR count). The smallest absolute Gasteiger partial charge is 0.291 e. The molecule has 7 heteroatoms. The van der Waals surface area contributed by atoms with E-state index in [9.17, 15) is 4.79 Å². The number of rotatable bonds is 2. The summed E-state index contributed by atoms with van der Waals surface area (Å²) >= 11 is 1.37. The minimum absolute atomic E-state index is 0.380. The summed E-state index contributed by atoms with van der Waals surface area (Å²) < 4.78 is 0. The zero-order chi connectivity index (χ0) is 11.4. The van der Waals surface area contributed by atoms with Gasteiger partial charge in [-0.15, -0.1) is 11.3 Å². The molecule has 0 saturated heterocycles. The van der Waals surface area contributed by atoms with Crippen molar-refractivity contribution in [2.75, 3.05) is 10.6 Å². The normalized spacial score (nSPS) is 9.81. The molecule has 0 aliphatic heterocycles. The Hall–Kier alpha value is -2.02. The minimum Gasteiger partial charge on any atom is -0.291 e. The van der Waals surface area contributed by atoms with Gasteiger partial charge >= 0.3 is 6.03 Å². The predicted octanol–water partition coefficient (Wildman–Crippen LogP) is 1.89. The second-order valence-electron chi connectivity index (χ2n) is 2.96. The minimum atomic E-state index is -0.380. The first-order valence-corrected chi connectivity index (χ1v) is 5.38. The number of nitrogens with zero attached hydrogens (tertiary/aromatic N) is 3. The van der Waals surface area contributed by atoms with Gasteiger partial charge in [-0.05, 0) is 6.92 Å². The van der Waals surface area contributed by atoms with Crippen LogP contribution < -0.4 is 10.6 Å². The van der Waals surface area contributed by atoms with Crippen LogP contribution in [0.25, 0.3) is 0 Å². The molecule has 0 radical (unpaired) electrons. The molecule has 2 amide bonds. The first-order valence-electron chi connectivity index (χ1n) is 4.50. The number of hydrogen-bond donors (Lipinski definition) is 2. The Labute approximate surface area is 95.8 Å². The largest absolute Gasteiger partial charge is 0.326 e. The molecule has 0 aliphatic carbocycles. The van der Waals surface area contributed by atoms with E-state index in [0.717, 1.165) is 5.69 Å². The summed E-state index contributed by atoms with van der Waals surface area (Å²) in [7, 11) is 0. The molecule has 6 nitrogen and oxygen atoms in total. The number of aryl methyl sites for hydroxylation is 1. The van der Waals surface area contributed by atoms with Gasteiger partial charge in [0.15, 0.2) is 10.9 Å². The Morgan fingerprint density at radius 2 is 2.25 bits per heavy atom. The van der Waals surface area contributed by atoms with Crippen LogP contribution in [0, 0.1) is 6.92 Å². The summed E-state index contributed by atoms with van der Waals surface area (Å²) in [6.45, 7) is 1.86. The summed E-state index contributed by atoms with van der Waals surface area (Å²) in [5.74, 6) is 0.397. The van der Waals surface area contributed by atoms with E-state index < -0.39 is 0 Å². The van der Waals surface area contributed by atoms with Gasteiger partial charge in [-0.2, -0.15) is 0 Å². The van der Waals surface area contributed by atoms with E-state index in [1.54, 1.807) is 0 Å². The van der Waals surface area contributed by atoms with Crippen molar-refractivity contribution < 1.29 is 4.79 Å². The number of anilines is 2. The monoisotopic (exact) mass is 235 g/mol. The third kappa shape index (κ3) is 2.74. The van der Waals surface area contributed by atoms with E-state index in [4.69, 9.17) is 0 Å². The fourth-order valence-electron chi connectivity index (χ4n) is 1.02. The number of urea groups is 1. The average Bonchev–Trinajstić information content (AvgIpc) is 2.65. The second kappa shape index (κ2) is 4.67. The Bertz CT molecular complexity index is 484. The van der Waals surface area contributed by atoms with Crippen molar-refractivity contribution in [3.05, 3.63) is 29.7 Å². The van der Waals surface area contributed by atoms with E-state index in [-0.39, 0.29) is 6.03 Å². The van der Waals surface area contributed by atoms with Gasteiger partial charge in [-0.25, -0.2) is 14.8 Å². The molecule has 16 heavy (non-hydrogen) atoms. The number of nitrogens with one attached hydrogen (secondary N) is 2. The molecule has 0 saturated carbocycles. The zero-order valence-corrected chi connectivity index (χ0v) is 9.28. The maximum absolute atomic E-state index is 11.5. The maximum atomic E-state index is 11.5. The Morgan fingerprint density at radius 3 is 2.88 bits per heavy atom. The Kier molecular flexibility index (Phi) is 3.06. The van der Waals surface area contributed by atoms with Gasteiger partial charge in [-0.1, -0.05) is 0 Å². The fourth-order valence-corrected chi connectivity index (χ4v) is 1.70. The molecule has 0 aliphatic rings. The summed E-state index contributed by atoms with van der Waals surface area (Å²) in [4.78, 5) is 23.3. The summed E-state index contributed by atoms with van der Waals surface area (Å²) in [5, 5.41) is 7.56. The molecule has 0 aromatic carbocycles. The van der Waals surface area contributed by atoms with Gasteiger partial charge < -0.3 is 0 Å². The van der Waals surface area contributed by atoms with E-state index in [0.29, 0.717) is 10.9 Å². The molecule has 0 spiro atoms. The van der Waals surface area contributed by atoms with Crippen molar-refractivity contribution in [2.45, 2.75) is 6.92 Å². The van der Waals surface area contributed by atoms with E-state index in [1.807, 2.05) is 12.3 Å². The number of aromatic nitrogens is 3. The number of amides is 2. The number of hydrogen-bond acceptors (Lipinski definition) is 5. The fraction of sp³-hybridized carbons (Fsp3) is 0.111. The summed E-state index contributed by atoms with van der Waals surface area (Å²) in [6.07, 6.45) is 4.50. The molecule has 2 aromatic rings. The third-order valence-corrected chi connectivity index (χ3v) is 2.52. The molecule has 0 fully saturated rings. The number of thiazole rings is 1. The third-order valence-electron chi connectivity index (χ3n) is 1.64. The van der Waals surface area contributed by atoms with E-state index in [1.165, 1.54) is 29.9 Å². The van der Waals surface area contributed by atoms with Crippen LogP contribution in [0.3, 0.4) is 0 Å². The lowest BCUT2D eigenvalue weighted by Gasteiger charge is -2.02. The van der Waals surface area contributed by atoms with Crippen molar-refractivity contribution in [3.8, 4) is 0 Å². The predicted molar refractivity (Wildman–Crippen MR) is 61.5 cm³/mol. The average molecular weight is 235 g/mol. The lowest BCUT2D eigenvalue weighted by molar-refractivity contribution is 0.262. The van der Waals surface area contributed by atoms with Crippen LogP contribution in [0.5, 0.6) is 0 Å². The van der Waals surface area contributed by atoms with Crippen molar-refractivity contribution in [1.82, 2.24) is 15.0 Å². The highest BCUT2D eigenvalue weighted by Crippen LogP contribution is 2.14. The molecule has 0 unspecified atom stereocenters. The first-order chi connectivity index (χ1) is 7.74. The molecule has 2 heterocycles. The van der Waals surface area contributed by atoms with Crippen molar-refractivity contribution in [3.63, 3.8) is 0 Å². The van der Waals surface area contributed by atoms with Crippen molar-refractivity contribution in [1.29, 1.82) is 0 Å². The van der Waals surface area contributed by atoms with Crippen LogP contribution in [0.15, 0.2) is 24.0 Å². The van der Waals surface area contributed by atoms with Crippen molar-refractivity contribution in [2.24, 2.45) is 0 Å². The quantitative estimate of drug-likeness (QED) is 0.833. The van der Waals surface area contributed by atoms with Crippen LogP contribution in [0.2, 0.25) is 0 Å². The molecule has 0 atom stereocenters. The maximum Gasteiger partial charge on any atom is 0.326 e. The van der Waals surface area contributed by atoms with Gasteiger partial charge in [0.2, 0.25) is 0 Å². The number of carbonyl (C=O) groups is 1. The van der Waals surface area contributed by atoms with Crippen LogP contribution >= 0.6 is 11.3 Å². The standard InChI is InChI=1S/C9H9N5OS/c1-6-5-16-9(12-6)14-8(15)13-7-4-10-2-3-11-7/h2-5H,1H3,(H2,11,12,13,14,15). The SMILES string of the molecule is Cc1csc(NC(=O)Nc2cnccn2)n1. The molecular formula is C9H9N5OS. The van der Waals surface area contributed by atoms with Gasteiger partial charge in [0, 0.05) is 17.8 Å². The molecule has 2 N–H and O–H groups in total. The molecule has 2 aromatic heterocycles. The summed E-state index contributed by atoms with van der Waals surface area (Å²) in [5.41, 5.74) is 0.875. The zero-order valence-electron chi connectivity index (χ0n) is 8.47. The molecular weight excluding hydrogens is 226 g/mol. The Morgan fingerprint density at radius 1 is 1.38 bits per heavy atom. The Balaban J connectivity index is 1.95. The molecule has 82 valence electrons.